The summed E-state index contributed by atoms with van der Waals surface area (Å²) in [4.78, 5) is 24.4. The molecule has 1 aliphatic heterocycles. The summed E-state index contributed by atoms with van der Waals surface area (Å²) in [5.74, 6) is 1.49. The van der Waals surface area contributed by atoms with E-state index in [1.807, 2.05) is 31.2 Å². The second kappa shape index (κ2) is 7.97. The van der Waals surface area contributed by atoms with Crippen molar-refractivity contribution in [2.45, 2.75) is 6.92 Å². The molecular formula is C18H20ClN7O2. The van der Waals surface area contributed by atoms with Crippen LogP contribution < -0.4 is 9.64 Å². The average molecular weight is 402 g/mol. The summed E-state index contributed by atoms with van der Waals surface area (Å²) in [6.45, 7) is 5.08. The quantitative estimate of drug-likeness (QED) is 0.598. The third-order valence-corrected chi connectivity index (χ3v) is 4.89. The van der Waals surface area contributed by atoms with Crippen molar-refractivity contribution in [2.24, 2.45) is 0 Å². The fourth-order valence-corrected chi connectivity index (χ4v) is 3.41. The molecule has 1 aromatic carbocycles. The molecule has 1 amide bonds. The maximum Gasteiger partial charge on any atom is 0.237 e. The van der Waals surface area contributed by atoms with E-state index >= 15 is 0 Å². The maximum absolute atomic E-state index is 11.8. The zero-order valence-electron chi connectivity index (χ0n) is 15.5. The molecule has 2 aromatic heterocycles. The highest BCUT2D eigenvalue weighted by Crippen LogP contribution is 2.24. The summed E-state index contributed by atoms with van der Waals surface area (Å²) in [6.07, 6.45) is 1.52. The molecule has 146 valence electrons. The van der Waals surface area contributed by atoms with Crippen molar-refractivity contribution in [3.8, 4) is 11.4 Å². The Morgan fingerprint density at radius 2 is 1.89 bits per heavy atom. The van der Waals surface area contributed by atoms with E-state index in [2.05, 4.69) is 25.2 Å². The minimum atomic E-state index is -0.0457. The Balaban J connectivity index is 1.60. The lowest BCUT2D eigenvalue weighted by Gasteiger charge is -2.35. The number of halogens is 1. The van der Waals surface area contributed by atoms with Gasteiger partial charge in [0.25, 0.3) is 0 Å². The molecule has 28 heavy (non-hydrogen) atoms. The summed E-state index contributed by atoms with van der Waals surface area (Å²) in [5, 5.41) is 8.58. The van der Waals surface area contributed by atoms with Gasteiger partial charge < -0.3 is 14.5 Å². The van der Waals surface area contributed by atoms with Crippen molar-refractivity contribution in [2.75, 3.05) is 43.6 Å². The molecule has 0 atom stereocenters. The molecule has 3 heterocycles. The molecule has 0 unspecified atom stereocenters. The number of benzene rings is 1. The first-order chi connectivity index (χ1) is 13.7. The number of carbonyl (C=O) groups is 1. The lowest BCUT2D eigenvalue weighted by atomic mass is 10.3. The van der Waals surface area contributed by atoms with Gasteiger partial charge in [0.05, 0.1) is 12.3 Å². The van der Waals surface area contributed by atoms with E-state index < -0.39 is 0 Å². The van der Waals surface area contributed by atoms with Crippen molar-refractivity contribution >= 4 is 34.5 Å². The predicted octanol–water partition coefficient (Wildman–Crippen LogP) is 1.50. The van der Waals surface area contributed by atoms with Crippen molar-refractivity contribution in [3.63, 3.8) is 0 Å². The maximum atomic E-state index is 11.8. The Morgan fingerprint density at radius 1 is 1.14 bits per heavy atom. The lowest BCUT2D eigenvalue weighted by molar-refractivity contribution is -0.128. The van der Waals surface area contributed by atoms with Crippen LogP contribution in [0.2, 0.25) is 0 Å². The van der Waals surface area contributed by atoms with Crippen LogP contribution in [0.3, 0.4) is 0 Å². The number of aromatic nitrogens is 5. The predicted molar refractivity (Wildman–Crippen MR) is 105 cm³/mol. The van der Waals surface area contributed by atoms with E-state index in [1.54, 1.807) is 9.58 Å². The number of piperazine rings is 1. The number of rotatable bonds is 5. The van der Waals surface area contributed by atoms with Gasteiger partial charge in [0, 0.05) is 26.2 Å². The third-order valence-electron chi connectivity index (χ3n) is 4.66. The van der Waals surface area contributed by atoms with Gasteiger partial charge in [-0.1, -0.05) is 5.21 Å². The van der Waals surface area contributed by atoms with Crippen molar-refractivity contribution in [1.82, 2.24) is 29.9 Å². The van der Waals surface area contributed by atoms with Crippen LogP contribution in [-0.4, -0.2) is 74.4 Å². The van der Waals surface area contributed by atoms with Gasteiger partial charge in [0.2, 0.25) is 5.91 Å². The zero-order chi connectivity index (χ0) is 19.5. The van der Waals surface area contributed by atoms with Crippen LogP contribution in [0, 0.1) is 0 Å². The first-order valence-corrected chi connectivity index (χ1v) is 9.63. The number of carbonyl (C=O) groups excluding carboxylic acids is 1. The number of anilines is 1. The highest BCUT2D eigenvalue weighted by molar-refractivity contribution is 6.27. The van der Waals surface area contributed by atoms with E-state index in [9.17, 15) is 4.79 Å². The molecule has 0 spiro atoms. The van der Waals surface area contributed by atoms with Crippen LogP contribution in [0.1, 0.15) is 6.92 Å². The molecular weight excluding hydrogens is 382 g/mol. The molecule has 1 fully saturated rings. The molecule has 0 bridgehead atoms. The third kappa shape index (κ3) is 3.45. The second-order valence-corrected chi connectivity index (χ2v) is 6.57. The lowest BCUT2D eigenvalue weighted by Crippen LogP contribution is -2.49. The van der Waals surface area contributed by atoms with E-state index in [0.29, 0.717) is 43.9 Å². The molecule has 1 saturated heterocycles. The van der Waals surface area contributed by atoms with Gasteiger partial charge >= 0.3 is 0 Å². The average Bonchev–Trinajstić information content (AvgIpc) is 3.18. The van der Waals surface area contributed by atoms with Gasteiger partial charge in [0.1, 0.15) is 18.0 Å². The fraction of sp³-hybridized carbons (Fsp3) is 0.389. The first kappa shape index (κ1) is 18.4. The number of nitrogens with zero attached hydrogens (tertiary/aromatic N) is 7. The molecule has 0 N–H and O–H groups in total. The second-order valence-electron chi connectivity index (χ2n) is 6.30. The van der Waals surface area contributed by atoms with E-state index in [1.165, 1.54) is 6.33 Å². The normalized spacial score (nSPS) is 14.5. The largest absolute Gasteiger partial charge is 0.494 e. The Labute approximate surface area is 166 Å². The van der Waals surface area contributed by atoms with Crippen molar-refractivity contribution in [3.05, 3.63) is 30.6 Å². The van der Waals surface area contributed by atoms with Crippen molar-refractivity contribution in [1.29, 1.82) is 0 Å². The molecule has 4 rings (SSSR count). The monoisotopic (exact) mass is 401 g/mol. The van der Waals surface area contributed by atoms with Crippen LogP contribution in [0.5, 0.6) is 5.75 Å². The molecule has 0 saturated carbocycles. The summed E-state index contributed by atoms with van der Waals surface area (Å²) >= 11 is 5.65. The van der Waals surface area contributed by atoms with Gasteiger partial charge in [-0.05, 0) is 31.2 Å². The number of fused-ring (bicyclic) bond motifs is 1. The Morgan fingerprint density at radius 3 is 2.57 bits per heavy atom. The number of ether oxygens (including phenoxy) is 1. The number of alkyl halides is 1. The topological polar surface area (TPSA) is 89.3 Å². The van der Waals surface area contributed by atoms with Crippen LogP contribution >= 0.6 is 11.6 Å². The highest BCUT2D eigenvalue weighted by Gasteiger charge is 2.24. The van der Waals surface area contributed by atoms with Gasteiger partial charge in [-0.3, -0.25) is 4.79 Å². The molecule has 10 heteroatoms. The molecule has 3 aromatic rings. The van der Waals surface area contributed by atoms with Crippen LogP contribution in [0.15, 0.2) is 30.6 Å². The number of hydrogen-bond acceptors (Lipinski definition) is 7. The Bertz CT molecular complexity index is 968. The summed E-state index contributed by atoms with van der Waals surface area (Å²) in [6, 6.07) is 7.61. The SMILES string of the molecule is CCOc1ccc(-n2nnc3c(N4CCN(C(=O)CCl)CC4)ncnc32)cc1. The fourth-order valence-electron chi connectivity index (χ4n) is 3.24. The minimum absolute atomic E-state index is 0.00810. The molecule has 9 nitrogen and oxygen atoms in total. The number of amides is 1. The Hall–Kier alpha value is -2.94. The van der Waals surface area contributed by atoms with E-state index in [4.69, 9.17) is 16.3 Å². The zero-order valence-corrected chi connectivity index (χ0v) is 16.2. The van der Waals surface area contributed by atoms with Gasteiger partial charge in [-0.2, -0.15) is 4.68 Å². The molecule has 0 aliphatic carbocycles. The summed E-state index contributed by atoms with van der Waals surface area (Å²) in [5.41, 5.74) is 2.11. The van der Waals surface area contributed by atoms with Crippen LogP contribution in [0.25, 0.3) is 16.9 Å². The number of hydrogen-bond donors (Lipinski definition) is 0. The summed E-state index contributed by atoms with van der Waals surface area (Å²) in [7, 11) is 0. The minimum Gasteiger partial charge on any atom is -0.494 e. The van der Waals surface area contributed by atoms with E-state index in [-0.39, 0.29) is 11.8 Å². The smallest absolute Gasteiger partial charge is 0.237 e. The van der Waals surface area contributed by atoms with E-state index in [0.717, 1.165) is 17.3 Å². The van der Waals surface area contributed by atoms with Gasteiger partial charge in [0.15, 0.2) is 17.0 Å². The van der Waals surface area contributed by atoms with Gasteiger partial charge in [-0.15, -0.1) is 16.7 Å². The first-order valence-electron chi connectivity index (χ1n) is 9.09. The molecule has 1 aliphatic rings. The standard InChI is InChI=1S/C18H20ClN7O2/c1-2-28-14-5-3-13(4-6-14)26-18-16(22-23-26)17(20-12-21-18)25-9-7-24(8-10-25)15(27)11-19/h3-6,12H,2,7-11H2,1H3. The van der Waals surface area contributed by atoms with Crippen LogP contribution in [0.4, 0.5) is 5.82 Å². The molecule has 0 radical (unpaired) electrons. The van der Waals surface area contributed by atoms with Crippen molar-refractivity contribution < 1.29 is 9.53 Å². The van der Waals surface area contributed by atoms with Gasteiger partial charge in [-0.25, -0.2) is 9.97 Å². The summed E-state index contributed by atoms with van der Waals surface area (Å²) < 4.78 is 7.17. The van der Waals surface area contributed by atoms with Crippen LogP contribution in [-0.2, 0) is 4.79 Å². The highest BCUT2D eigenvalue weighted by atomic mass is 35.5. The Kier molecular flexibility index (Phi) is 5.25.